The van der Waals surface area contributed by atoms with Gasteiger partial charge in [0.1, 0.15) is 0 Å². The molecule has 94 valence electrons. The number of nitrogens with one attached hydrogen (secondary N) is 2. The molecule has 0 bridgehead atoms. The smallest absolute Gasteiger partial charge is 0.315 e. The first kappa shape index (κ1) is 13.6. The Balaban J connectivity index is 2.35. The molecule has 0 saturated heterocycles. The molecule has 0 radical (unpaired) electrons. The second-order valence-electron chi connectivity index (χ2n) is 4.33. The molecule has 0 heterocycles. The van der Waals surface area contributed by atoms with Crippen LogP contribution in [0.1, 0.15) is 37.8 Å². The monoisotopic (exact) mass is 234 g/mol. The van der Waals surface area contributed by atoms with Crippen LogP contribution in [0.5, 0.6) is 0 Å². The van der Waals surface area contributed by atoms with Crippen LogP contribution < -0.4 is 10.6 Å². The Morgan fingerprint density at radius 2 is 1.76 bits per heavy atom. The van der Waals surface area contributed by atoms with Crippen molar-refractivity contribution in [3.8, 4) is 0 Å². The molecule has 0 unspecified atom stereocenters. The SMILES string of the molecule is CCC(CC)NC(=O)NCc1ccc(C)cc1. The highest BCUT2D eigenvalue weighted by atomic mass is 16.2. The van der Waals surface area contributed by atoms with Crippen LogP contribution in [0.2, 0.25) is 0 Å². The lowest BCUT2D eigenvalue weighted by Gasteiger charge is -2.15. The Morgan fingerprint density at radius 3 is 2.29 bits per heavy atom. The van der Waals surface area contributed by atoms with Crippen LogP contribution in [0.4, 0.5) is 4.79 Å². The summed E-state index contributed by atoms with van der Waals surface area (Å²) < 4.78 is 0. The number of carbonyl (C=O) groups is 1. The fourth-order valence-electron chi connectivity index (χ4n) is 1.62. The molecule has 17 heavy (non-hydrogen) atoms. The van der Waals surface area contributed by atoms with Crippen LogP contribution >= 0.6 is 0 Å². The summed E-state index contributed by atoms with van der Waals surface area (Å²) in [6.45, 7) is 6.78. The number of hydrogen-bond acceptors (Lipinski definition) is 1. The van der Waals surface area contributed by atoms with E-state index in [1.54, 1.807) is 0 Å². The topological polar surface area (TPSA) is 41.1 Å². The Kier molecular flexibility index (Phi) is 5.53. The van der Waals surface area contributed by atoms with Crippen molar-refractivity contribution in [3.05, 3.63) is 35.4 Å². The Hall–Kier alpha value is -1.51. The molecule has 2 N–H and O–H groups in total. The summed E-state index contributed by atoms with van der Waals surface area (Å²) in [5.41, 5.74) is 2.35. The van der Waals surface area contributed by atoms with Crippen LogP contribution in [0.25, 0.3) is 0 Å². The second kappa shape index (κ2) is 6.94. The molecule has 1 rings (SSSR count). The van der Waals surface area contributed by atoms with Crippen molar-refractivity contribution in [2.75, 3.05) is 0 Å². The third-order valence-corrected chi connectivity index (χ3v) is 2.89. The fraction of sp³-hybridized carbons (Fsp3) is 0.500. The third kappa shape index (κ3) is 4.89. The first-order chi connectivity index (χ1) is 8.15. The molecule has 0 fully saturated rings. The van der Waals surface area contributed by atoms with E-state index < -0.39 is 0 Å². The van der Waals surface area contributed by atoms with Crippen LogP contribution in [0.15, 0.2) is 24.3 Å². The predicted octanol–water partition coefficient (Wildman–Crippen LogP) is 2.98. The lowest BCUT2D eigenvalue weighted by Crippen LogP contribution is -2.41. The van der Waals surface area contributed by atoms with E-state index in [1.807, 2.05) is 12.1 Å². The Labute approximate surface area is 104 Å². The molecular weight excluding hydrogens is 212 g/mol. The highest BCUT2D eigenvalue weighted by Crippen LogP contribution is 2.02. The van der Waals surface area contributed by atoms with Gasteiger partial charge in [0.25, 0.3) is 0 Å². The van der Waals surface area contributed by atoms with E-state index >= 15 is 0 Å². The summed E-state index contributed by atoms with van der Waals surface area (Å²) in [4.78, 5) is 11.6. The zero-order valence-corrected chi connectivity index (χ0v) is 10.9. The van der Waals surface area contributed by atoms with Crippen molar-refractivity contribution < 1.29 is 4.79 Å². The van der Waals surface area contributed by atoms with Crippen molar-refractivity contribution in [2.45, 2.75) is 46.2 Å². The van der Waals surface area contributed by atoms with Crippen molar-refractivity contribution in [1.29, 1.82) is 0 Å². The van der Waals surface area contributed by atoms with Gasteiger partial charge in [0, 0.05) is 12.6 Å². The van der Waals surface area contributed by atoms with Gasteiger partial charge in [0.2, 0.25) is 0 Å². The third-order valence-electron chi connectivity index (χ3n) is 2.89. The molecule has 2 amide bonds. The van der Waals surface area contributed by atoms with Gasteiger partial charge >= 0.3 is 6.03 Å². The van der Waals surface area contributed by atoms with Gasteiger partial charge in [0.05, 0.1) is 0 Å². The van der Waals surface area contributed by atoms with Gasteiger partial charge in [-0.15, -0.1) is 0 Å². The van der Waals surface area contributed by atoms with Gasteiger partial charge in [-0.2, -0.15) is 0 Å². The predicted molar refractivity (Wildman–Crippen MR) is 70.9 cm³/mol. The standard InChI is InChI=1S/C14H22N2O/c1-4-13(5-2)16-14(17)15-10-12-8-6-11(3)7-9-12/h6-9,13H,4-5,10H2,1-3H3,(H2,15,16,17). The number of urea groups is 1. The van der Waals surface area contributed by atoms with Gasteiger partial charge in [-0.05, 0) is 25.3 Å². The molecule has 0 aliphatic carbocycles. The summed E-state index contributed by atoms with van der Waals surface area (Å²) >= 11 is 0. The largest absolute Gasteiger partial charge is 0.335 e. The molecular formula is C14H22N2O. The molecule has 0 aliphatic heterocycles. The van der Waals surface area contributed by atoms with Crippen LogP contribution in [-0.2, 0) is 6.54 Å². The van der Waals surface area contributed by atoms with E-state index in [2.05, 4.69) is 43.5 Å². The van der Waals surface area contributed by atoms with Crippen LogP contribution in [-0.4, -0.2) is 12.1 Å². The van der Waals surface area contributed by atoms with Gasteiger partial charge in [-0.25, -0.2) is 4.79 Å². The van der Waals surface area contributed by atoms with Crippen LogP contribution in [0, 0.1) is 6.92 Å². The molecule has 1 aromatic rings. The average Bonchev–Trinajstić information content (AvgIpc) is 2.35. The molecule has 0 saturated carbocycles. The minimum Gasteiger partial charge on any atom is -0.335 e. The molecule has 0 atom stereocenters. The quantitative estimate of drug-likeness (QED) is 0.808. The Bertz CT molecular complexity index is 342. The number of benzene rings is 1. The zero-order chi connectivity index (χ0) is 12.7. The van der Waals surface area contributed by atoms with Gasteiger partial charge in [-0.1, -0.05) is 43.7 Å². The van der Waals surface area contributed by atoms with E-state index in [9.17, 15) is 4.79 Å². The molecule has 0 spiro atoms. The highest BCUT2D eigenvalue weighted by molar-refractivity contribution is 5.74. The van der Waals surface area contributed by atoms with Gasteiger partial charge < -0.3 is 10.6 Å². The number of carbonyl (C=O) groups excluding carboxylic acids is 1. The second-order valence-corrected chi connectivity index (χ2v) is 4.33. The van der Waals surface area contributed by atoms with E-state index in [0.29, 0.717) is 6.54 Å². The van der Waals surface area contributed by atoms with Gasteiger partial charge in [0.15, 0.2) is 0 Å². The first-order valence-corrected chi connectivity index (χ1v) is 6.25. The minimum absolute atomic E-state index is 0.0840. The maximum Gasteiger partial charge on any atom is 0.315 e. The Morgan fingerprint density at radius 1 is 1.18 bits per heavy atom. The zero-order valence-electron chi connectivity index (χ0n) is 10.9. The summed E-state index contributed by atoms with van der Waals surface area (Å²) in [5.74, 6) is 0. The average molecular weight is 234 g/mol. The first-order valence-electron chi connectivity index (χ1n) is 6.25. The molecule has 3 nitrogen and oxygen atoms in total. The number of amides is 2. The van der Waals surface area contributed by atoms with Crippen molar-refractivity contribution >= 4 is 6.03 Å². The van der Waals surface area contributed by atoms with Crippen molar-refractivity contribution in [3.63, 3.8) is 0 Å². The molecule has 3 heteroatoms. The lowest BCUT2D eigenvalue weighted by molar-refractivity contribution is 0.235. The van der Waals surface area contributed by atoms with E-state index in [0.717, 1.165) is 18.4 Å². The van der Waals surface area contributed by atoms with Crippen molar-refractivity contribution in [2.24, 2.45) is 0 Å². The van der Waals surface area contributed by atoms with E-state index in [4.69, 9.17) is 0 Å². The molecule has 1 aromatic carbocycles. The van der Waals surface area contributed by atoms with Crippen molar-refractivity contribution in [1.82, 2.24) is 10.6 Å². The summed E-state index contributed by atoms with van der Waals surface area (Å²) in [6, 6.07) is 8.36. The maximum atomic E-state index is 11.6. The number of rotatable bonds is 5. The fourth-order valence-corrected chi connectivity index (χ4v) is 1.62. The molecule has 0 aromatic heterocycles. The van der Waals surface area contributed by atoms with E-state index in [1.165, 1.54) is 5.56 Å². The number of aryl methyl sites for hydroxylation is 1. The molecule has 0 aliphatic rings. The summed E-state index contributed by atoms with van der Waals surface area (Å²) in [6.07, 6.45) is 1.93. The highest BCUT2D eigenvalue weighted by Gasteiger charge is 2.06. The summed E-state index contributed by atoms with van der Waals surface area (Å²) in [5, 5.41) is 5.82. The van der Waals surface area contributed by atoms with Gasteiger partial charge in [-0.3, -0.25) is 0 Å². The summed E-state index contributed by atoms with van der Waals surface area (Å²) in [7, 11) is 0. The van der Waals surface area contributed by atoms with Crippen LogP contribution in [0.3, 0.4) is 0 Å². The van der Waals surface area contributed by atoms with E-state index in [-0.39, 0.29) is 12.1 Å². The minimum atomic E-state index is -0.0840. The normalized spacial score (nSPS) is 10.4. The maximum absolute atomic E-state index is 11.6. The number of hydrogen-bond donors (Lipinski definition) is 2. The lowest BCUT2D eigenvalue weighted by atomic mass is 10.1.